The Morgan fingerprint density at radius 3 is 2.63 bits per heavy atom. The zero-order valence-electron chi connectivity index (χ0n) is 15.8. The molecule has 0 amide bonds. The van der Waals surface area contributed by atoms with Crippen molar-refractivity contribution in [2.24, 2.45) is 7.05 Å². The molecule has 2 heterocycles. The smallest absolute Gasteiger partial charge is 0.283 e. The molecule has 0 radical (unpaired) electrons. The number of nitrogens with zero attached hydrogens (tertiary/aromatic N) is 4. The lowest BCUT2D eigenvalue weighted by atomic mass is 10.0. The maximum atomic E-state index is 15.1. The molecular formula is C20H16F4N6. The van der Waals surface area contributed by atoms with Gasteiger partial charge in [0.05, 0.1) is 22.2 Å². The van der Waals surface area contributed by atoms with Crippen LogP contribution in [0.5, 0.6) is 0 Å². The largest absolute Gasteiger partial charge is 0.334 e. The first kappa shape index (κ1) is 19.7. The highest BCUT2D eigenvalue weighted by atomic mass is 19.3. The van der Waals surface area contributed by atoms with Crippen LogP contribution in [0.1, 0.15) is 24.1 Å². The van der Waals surface area contributed by atoms with Gasteiger partial charge in [0.25, 0.3) is 0 Å². The zero-order chi connectivity index (χ0) is 21.6. The number of aryl methyl sites for hydroxylation is 1. The van der Waals surface area contributed by atoms with Gasteiger partial charge in [0.1, 0.15) is 17.1 Å². The first-order valence-corrected chi connectivity index (χ1v) is 8.99. The van der Waals surface area contributed by atoms with Crippen molar-refractivity contribution in [2.75, 3.05) is 0 Å². The normalized spacial score (nSPS) is 14.6. The summed E-state index contributed by atoms with van der Waals surface area (Å²) in [5.74, 6) is -7.12. The number of fused-ring (bicyclic) bond motifs is 1. The van der Waals surface area contributed by atoms with E-state index in [1.165, 1.54) is 48.3 Å². The van der Waals surface area contributed by atoms with Crippen molar-refractivity contribution >= 4 is 22.3 Å². The van der Waals surface area contributed by atoms with E-state index in [1.54, 1.807) is 0 Å². The van der Waals surface area contributed by atoms with Gasteiger partial charge < -0.3 is 0 Å². The van der Waals surface area contributed by atoms with Crippen LogP contribution in [0.25, 0.3) is 16.5 Å². The van der Waals surface area contributed by atoms with Crippen molar-refractivity contribution < 1.29 is 17.6 Å². The predicted octanol–water partition coefficient (Wildman–Crippen LogP) is 4.04. The maximum Gasteiger partial charge on any atom is 0.334 e. The van der Waals surface area contributed by atoms with E-state index in [-0.39, 0.29) is 16.6 Å². The van der Waals surface area contributed by atoms with Crippen LogP contribution in [0.3, 0.4) is 0 Å². The van der Waals surface area contributed by atoms with Crippen molar-refractivity contribution in [3.8, 4) is 0 Å². The van der Waals surface area contributed by atoms with Gasteiger partial charge in [-0.15, -0.1) is 0 Å². The van der Waals surface area contributed by atoms with E-state index in [9.17, 15) is 8.78 Å². The van der Waals surface area contributed by atoms with Crippen LogP contribution in [-0.2, 0) is 13.0 Å². The van der Waals surface area contributed by atoms with Crippen LogP contribution >= 0.6 is 0 Å². The van der Waals surface area contributed by atoms with Crippen LogP contribution in [0, 0.1) is 16.6 Å². The summed E-state index contributed by atoms with van der Waals surface area (Å²) < 4.78 is 60.3. The molecule has 1 aromatic carbocycles. The highest BCUT2D eigenvalue weighted by Gasteiger charge is 2.42. The number of benzene rings is 1. The summed E-state index contributed by atoms with van der Waals surface area (Å²) in [6.45, 7) is 0. The fourth-order valence-corrected chi connectivity index (χ4v) is 3.31. The molecule has 0 aliphatic heterocycles. The number of nitrogens with one attached hydrogen (secondary N) is 2. The number of rotatable bonds is 3. The minimum Gasteiger partial charge on any atom is -0.283 e. The molecule has 154 valence electrons. The molecule has 1 aliphatic carbocycles. The van der Waals surface area contributed by atoms with Gasteiger partial charge >= 0.3 is 5.92 Å². The molecule has 10 heteroatoms. The van der Waals surface area contributed by atoms with Gasteiger partial charge in [0.2, 0.25) is 0 Å². The van der Waals surface area contributed by atoms with Crippen molar-refractivity contribution in [3.63, 3.8) is 0 Å². The minimum absolute atomic E-state index is 0.102. The molecule has 0 fully saturated rings. The number of hydrogen-bond acceptors (Lipinski definition) is 4. The topological polar surface area (TPSA) is 83.3 Å². The van der Waals surface area contributed by atoms with E-state index in [0.29, 0.717) is 23.1 Å². The van der Waals surface area contributed by atoms with E-state index < -0.39 is 34.5 Å². The van der Waals surface area contributed by atoms with Crippen LogP contribution in [0.15, 0.2) is 48.4 Å². The highest BCUT2D eigenvalue weighted by molar-refractivity contribution is 5.90. The standard InChI is InChI=1S/C20H16F4N6/c1-29-10-13-16(27-29)6-5-14(18(13)22)20(23,24)19(26)30-17(25)8-7-15(28-30)11-3-2-4-12(21)9-11/h4-10,25-26H,2-3H2,1H3. The maximum absolute atomic E-state index is 15.1. The van der Waals surface area contributed by atoms with Crippen molar-refractivity contribution in [3.05, 3.63) is 71.0 Å². The molecule has 2 N–H and O–H groups in total. The first-order valence-electron chi connectivity index (χ1n) is 8.99. The van der Waals surface area contributed by atoms with Gasteiger partial charge in [0.15, 0.2) is 5.84 Å². The number of halogens is 4. The molecule has 0 saturated heterocycles. The fraction of sp³-hybridized carbons (Fsp3) is 0.200. The van der Waals surface area contributed by atoms with Crippen molar-refractivity contribution in [1.82, 2.24) is 19.6 Å². The molecule has 0 atom stereocenters. The van der Waals surface area contributed by atoms with Crippen LogP contribution in [-0.4, -0.2) is 25.4 Å². The molecule has 2 aromatic heterocycles. The van der Waals surface area contributed by atoms with Crippen molar-refractivity contribution in [2.45, 2.75) is 18.8 Å². The highest BCUT2D eigenvalue weighted by Crippen LogP contribution is 2.34. The predicted molar refractivity (Wildman–Crippen MR) is 102 cm³/mol. The summed E-state index contributed by atoms with van der Waals surface area (Å²) in [5, 5.41) is 23.7. The molecule has 0 unspecified atom stereocenters. The van der Waals surface area contributed by atoms with E-state index >= 15 is 8.78 Å². The van der Waals surface area contributed by atoms with E-state index in [4.69, 9.17) is 10.8 Å². The first-order chi connectivity index (χ1) is 14.2. The quantitative estimate of drug-likeness (QED) is 0.384. The second-order valence-corrected chi connectivity index (χ2v) is 6.90. The molecular weight excluding hydrogens is 400 g/mol. The Balaban J connectivity index is 1.79. The second kappa shape index (κ2) is 7.05. The summed E-state index contributed by atoms with van der Waals surface area (Å²) in [4.78, 5) is 0. The number of alkyl halides is 2. The lowest BCUT2D eigenvalue weighted by Crippen LogP contribution is -2.40. The third kappa shape index (κ3) is 3.23. The molecule has 30 heavy (non-hydrogen) atoms. The van der Waals surface area contributed by atoms with E-state index in [1.807, 2.05) is 0 Å². The summed E-state index contributed by atoms with van der Waals surface area (Å²) in [7, 11) is 1.54. The zero-order valence-corrected chi connectivity index (χ0v) is 15.8. The van der Waals surface area contributed by atoms with Gasteiger partial charge in [-0.25, -0.2) is 8.78 Å². The van der Waals surface area contributed by atoms with E-state index in [2.05, 4.69) is 10.2 Å². The lowest BCUT2D eigenvalue weighted by Gasteiger charge is -2.20. The van der Waals surface area contributed by atoms with Gasteiger partial charge in [-0.05, 0) is 54.8 Å². The summed E-state index contributed by atoms with van der Waals surface area (Å²) in [6, 6.07) is 4.70. The Morgan fingerprint density at radius 2 is 1.90 bits per heavy atom. The molecule has 1 aliphatic rings. The molecule has 6 nitrogen and oxygen atoms in total. The summed E-state index contributed by atoms with van der Waals surface area (Å²) in [6.07, 6.45) is 4.76. The Bertz CT molecular complexity index is 1300. The Labute approximate surface area is 167 Å². The molecule has 0 bridgehead atoms. The third-order valence-electron chi connectivity index (χ3n) is 4.81. The van der Waals surface area contributed by atoms with Crippen LogP contribution < -0.4 is 5.49 Å². The molecule has 0 spiro atoms. The van der Waals surface area contributed by atoms with Gasteiger partial charge in [-0.1, -0.05) is 0 Å². The van der Waals surface area contributed by atoms with Gasteiger partial charge in [0, 0.05) is 13.2 Å². The Kier molecular flexibility index (Phi) is 4.64. The van der Waals surface area contributed by atoms with Crippen LogP contribution in [0.2, 0.25) is 0 Å². The molecule has 3 aromatic rings. The summed E-state index contributed by atoms with van der Waals surface area (Å²) >= 11 is 0. The molecule has 4 rings (SSSR count). The number of aromatic nitrogens is 4. The lowest BCUT2D eigenvalue weighted by molar-refractivity contribution is 0.0657. The van der Waals surface area contributed by atoms with Crippen molar-refractivity contribution in [1.29, 1.82) is 10.8 Å². The minimum atomic E-state index is -4.08. The molecule has 0 saturated carbocycles. The second-order valence-electron chi connectivity index (χ2n) is 6.90. The van der Waals surface area contributed by atoms with Gasteiger partial charge in [-0.3, -0.25) is 15.5 Å². The Hall–Kier alpha value is -3.56. The van der Waals surface area contributed by atoms with Crippen LogP contribution in [0.4, 0.5) is 17.6 Å². The summed E-state index contributed by atoms with van der Waals surface area (Å²) in [5.41, 5.74) is -0.674. The average Bonchev–Trinajstić information content (AvgIpc) is 3.09. The SMILES string of the molecule is Cn1cc2c(F)c(C(F)(F)C(=N)n3nc(C4=CC(F)=CCC4)ccc3=N)ccc2n1. The third-order valence-corrected chi connectivity index (χ3v) is 4.81. The monoisotopic (exact) mass is 416 g/mol. The average molecular weight is 416 g/mol. The van der Waals surface area contributed by atoms with Gasteiger partial charge in [-0.2, -0.15) is 23.7 Å². The fourth-order valence-electron chi connectivity index (χ4n) is 3.31. The van der Waals surface area contributed by atoms with E-state index in [0.717, 1.165) is 6.07 Å². The number of allylic oxidation sites excluding steroid dienone is 4. The number of hydrogen-bond donors (Lipinski definition) is 2. The Morgan fingerprint density at radius 1 is 1.13 bits per heavy atom.